The molecule has 259 valence electrons. The van der Waals surface area contributed by atoms with Gasteiger partial charge in [-0.1, -0.05) is 42.5 Å². The Hall–Kier alpha value is -4.68. The first-order valence-corrected chi connectivity index (χ1v) is 16.5. The van der Waals surface area contributed by atoms with Gasteiger partial charge < -0.3 is 34.6 Å². The number of aromatic nitrogens is 3. The van der Waals surface area contributed by atoms with Crippen LogP contribution in [0.25, 0.3) is 27.2 Å². The Morgan fingerprint density at radius 2 is 1.69 bits per heavy atom. The Labute approximate surface area is 322 Å². The maximum atomic E-state index is 12.1. The molecule has 1 aliphatic rings. The second-order valence-corrected chi connectivity index (χ2v) is 12.1. The Balaban J connectivity index is 0.000000441. The van der Waals surface area contributed by atoms with Crippen molar-refractivity contribution in [2.75, 3.05) is 34.3 Å². The normalized spacial score (nSPS) is 13.1. The predicted molar refractivity (Wildman–Crippen MR) is 196 cm³/mol. The molecule has 3 heterocycles. The van der Waals surface area contributed by atoms with Gasteiger partial charge in [-0.25, -0.2) is 9.97 Å². The minimum atomic E-state index is -0.119. The van der Waals surface area contributed by atoms with E-state index in [2.05, 4.69) is 39.8 Å². The molecule has 0 bridgehead atoms. The molecule has 0 saturated carbocycles. The number of rotatable bonds is 10. The number of hydrogen-bond acceptors (Lipinski definition) is 9. The van der Waals surface area contributed by atoms with Crippen molar-refractivity contribution in [2.24, 2.45) is 0 Å². The zero-order valence-electron chi connectivity index (χ0n) is 29.0. The Morgan fingerprint density at radius 1 is 0.941 bits per heavy atom. The summed E-state index contributed by atoms with van der Waals surface area (Å²) in [5.74, 6) is 1.17. The molecule has 1 aliphatic heterocycles. The smallest absolute Gasteiger partial charge is 0.321 e. The summed E-state index contributed by atoms with van der Waals surface area (Å²) >= 11 is 0. The fraction of sp³-hybridized carbons (Fsp3) is 0.231. The molecule has 0 atom stereocenters. The molecule has 1 radical (unpaired) electrons. The molecule has 12 heteroatoms. The van der Waals surface area contributed by atoms with E-state index in [4.69, 9.17) is 19.7 Å². The van der Waals surface area contributed by atoms with Gasteiger partial charge in [0.05, 0.1) is 12.8 Å². The topological polar surface area (TPSA) is 129 Å². The van der Waals surface area contributed by atoms with Crippen LogP contribution in [0.5, 0.6) is 17.5 Å². The molecule has 0 spiro atoms. The van der Waals surface area contributed by atoms with Gasteiger partial charge >= 0.3 is 6.01 Å². The summed E-state index contributed by atoms with van der Waals surface area (Å²) in [7, 11) is 5.83. The second-order valence-electron chi connectivity index (χ2n) is 12.1. The molecule has 1 saturated heterocycles. The van der Waals surface area contributed by atoms with Crippen LogP contribution in [0, 0.1) is 5.41 Å². The summed E-state index contributed by atoms with van der Waals surface area (Å²) in [4.78, 5) is 28.3. The summed E-state index contributed by atoms with van der Waals surface area (Å²) in [6, 6.07) is 28.9. The van der Waals surface area contributed by atoms with Crippen LogP contribution in [0.1, 0.15) is 34.5 Å². The number of carbonyl (C=O) groups is 1. The van der Waals surface area contributed by atoms with E-state index in [9.17, 15) is 4.79 Å². The third kappa shape index (κ3) is 9.56. The van der Waals surface area contributed by atoms with Gasteiger partial charge in [0.15, 0.2) is 6.29 Å². The molecule has 0 aliphatic carbocycles. The monoisotopic (exact) mass is 759 g/mol. The molecule has 1 fully saturated rings. The largest absolute Gasteiger partial charge is 0.543 e. The number of hydrogen-bond donors (Lipinski definition) is 2. The van der Waals surface area contributed by atoms with Crippen molar-refractivity contribution in [1.82, 2.24) is 24.8 Å². The fourth-order valence-electron chi connectivity index (χ4n) is 5.95. The van der Waals surface area contributed by atoms with Gasteiger partial charge in [0, 0.05) is 74.2 Å². The number of ether oxygens (including phenoxy) is 2. The second kappa shape index (κ2) is 18.0. The van der Waals surface area contributed by atoms with Gasteiger partial charge in [0.25, 0.3) is 0 Å². The average Bonchev–Trinajstić information content (AvgIpc) is 3.51. The molecule has 51 heavy (non-hydrogen) atoms. The minimum absolute atomic E-state index is 0. The molecular formula is C39H40N7O4Y-. The van der Waals surface area contributed by atoms with E-state index in [1.54, 1.807) is 55.9 Å². The van der Waals surface area contributed by atoms with Crippen LogP contribution >= 0.6 is 0 Å². The van der Waals surface area contributed by atoms with E-state index in [0.29, 0.717) is 35.0 Å². The van der Waals surface area contributed by atoms with E-state index < -0.39 is 0 Å². The van der Waals surface area contributed by atoms with Crippen LogP contribution < -0.4 is 14.8 Å². The van der Waals surface area contributed by atoms with Crippen LogP contribution in [-0.4, -0.2) is 72.0 Å². The van der Waals surface area contributed by atoms with Crippen LogP contribution in [0.15, 0.2) is 103 Å². The molecular weight excluding hydrogens is 719 g/mol. The van der Waals surface area contributed by atoms with E-state index in [-0.39, 0.29) is 44.6 Å². The summed E-state index contributed by atoms with van der Waals surface area (Å²) in [5.41, 5.74) is 7.37. The molecule has 7 rings (SSSR count). The first kappa shape index (κ1) is 37.6. The molecule has 0 unspecified atom stereocenters. The zero-order chi connectivity index (χ0) is 34.9. The van der Waals surface area contributed by atoms with Crippen molar-refractivity contribution in [1.29, 1.82) is 5.41 Å². The average molecular weight is 760 g/mol. The number of carbonyl (C=O) groups excluding carboxylic acids is 1. The van der Waals surface area contributed by atoms with Crippen molar-refractivity contribution < 1.29 is 51.8 Å². The zero-order valence-corrected chi connectivity index (χ0v) is 31.8. The summed E-state index contributed by atoms with van der Waals surface area (Å²) < 4.78 is 13.0. The number of benzene rings is 4. The molecule has 0 amide bonds. The van der Waals surface area contributed by atoms with Crippen molar-refractivity contribution in [3.05, 3.63) is 126 Å². The third-order valence-corrected chi connectivity index (χ3v) is 8.76. The first-order valence-electron chi connectivity index (χ1n) is 16.5. The molecule has 11 nitrogen and oxygen atoms in total. The number of methoxy groups -OCH3 is 1. The molecule has 6 aromatic rings. The SMILES string of the molecule is CNC1CCN(C)CC1.COc1ccc([N-]OC(=N)c2ccc3cc(C=O)n(Cc4cc(Oc5ncccn5)cc5ccccc45)c3c2)cc1.[Y]. The third-order valence-electron chi connectivity index (χ3n) is 8.76. The predicted octanol–water partition coefficient (Wildman–Crippen LogP) is 7.51. The maximum absolute atomic E-state index is 12.1. The minimum Gasteiger partial charge on any atom is -0.543 e. The van der Waals surface area contributed by atoms with Crippen LogP contribution in [-0.2, 0) is 44.1 Å². The fourth-order valence-corrected chi connectivity index (χ4v) is 5.95. The van der Waals surface area contributed by atoms with Crippen LogP contribution in [0.2, 0.25) is 0 Å². The van der Waals surface area contributed by atoms with E-state index >= 15 is 0 Å². The quantitative estimate of drug-likeness (QED) is 0.0636. The number of fused-ring (bicyclic) bond motifs is 2. The van der Waals surface area contributed by atoms with E-state index in [0.717, 1.165) is 39.6 Å². The summed E-state index contributed by atoms with van der Waals surface area (Å²) in [6.07, 6.45) is 6.70. The Kier molecular flexibility index (Phi) is 13.3. The van der Waals surface area contributed by atoms with E-state index in [1.807, 2.05) is 59.2 Å². The number of piperidine rings is 1. The molecule has 2 N–H and O–H groups in total. The van der Waals surface area contributed by atoms with Gasteiger partial charge in [-0.15, -0.1) is 5.69 Å². The summed E-state index contributed by atoms with van der Waals surface area (Å²) in [5, 5.41) is 14.6. The van der Waals surface area contributed by atoms with Gasteiger partial charge in [-0.3, -0.25) is 10.2 Å². The van der Waals surface area contributed by atoms with Gasteiger partial charge in [0.2, 0.25) is 5.90 Å². The molecule has 2 aromatic heterocycles. The maximum Gasteiger partial charge on any atom is 0.321 e. The first-order chi connectivity index (χ1) is 24.4. The van der Waals surface area contributed by atoms with Gasteiger partial charge in [-0.05, 0) is 105 Å². The van der Waals surface area contributed by atoms with E-state index in [1.165, 1.54) is 25.9 Å². The van der Waals surface area contributed by atoms with Crippen molar-refractivity contribution >= 4 is 39.5 Å². The Bertz CT molecular complexity index is 2060. The Morgan fingerprint density at radius 3 is 2.39 bits per heavy atom. The molecule has 4 aromatic carbocycles. The van der Waals surface area contributed by atoms with Gasteiger partial charge in [0.1, 0.15) is 11.5 Å². The van der Waals surface area contributed by atoms with Crippen LogP contribution in [0.3, 0.4) is 0 Å². The standard InChI is InChI=1S/C32H24N5O4.C7H16N2.Y/c1-39-27-11-9-25(10-12-27)36-41-31(33)23-8-7-22-15-26(20-38)37(30(22)18-23)19-24-17-28(40-32-34-13-4-14-35-32)16-21-5-2-3-6-29(21)24;1-8-7-3-5-9(2)6-4-7;/h2-18,20,33H,19H2,1H3;7-8H,3-6H2,1-2H3;/q-1;;. The van der Waals surface area contributed by atoms with Crippen LogP contribution in [0.4, 0.5) is 5.69 Å². The summed E-state index contributed by atoms with van der Waals surface area (Å²) in [6.45, 7) is 2.90. The number of aldehydes is 1. The number of nitrogens with one attached hydrogen (secondary N) is 2. The van der Waals surface area contributed by atoms with Crippen molar-refractivity contribution in [2.45, 2.75) is 25.4 Å². The number of likely N-dealkylation sites (tertiary alicyclic amines) is 1. The van der Waals surface area contributed by atoms with Gasteiger partial charge in [-0.2, -0.15) is 0 Å². The van der Waals surface area contributed by atoms with Crippen molar-refractivity contribution in [3.8, 4) is 17.5 Å². The van der Waals surface area contributed by atoms with Crippen molar-refractivity contribution in [3.63, 3.8) is 0 Å². The number of nitrogens with zero attached hydrogens (tertiary/aromatic N) is 5.